The molecule has 4 nitrogen and oxygen atoms in total. The lowest BCUT2D eigenvalue weighted by molar-refractivity contribution is 0.394. The van der Waals surface area contributed by atoms with Gasteiger partial charge in [-0.2, -0.15) is 0 Å². The lowest BCUT2D eigenvalue weighted by atomic mass is 9.95. The van der Waals surface area contributed by atoms with Crippen LogP contribution in [0.15, 0.2) is 6.07 Å². The Morgan fingerprint density at radius 1 is 1.42 bits per heavy atom. The lowest BCUT2D eigenvalue weighted by Crippen LogP contribution is -2.37. The first-order valence-corrected chi connectivity index (χ1v) is 7.40. The van der Waals surface area contributed by atoms with Gasteiger partial charge in [0.25, 0.3) is 0 Å². The van der Waals surface area contributed by atoms with Crippen molar-refractivity contribution in [3.8, 4) is 0 Å². The van der Waals surface area contributed by atoms with Crippen molar-refractivity contribution in [1.82, 2.24) is 9.97 Å². The van der Waals surface area contributed by atoms with Crippen LogP contribution in [0, 0.1) is 12.8 Å². The summed E-state index contributed by atoms with van der Waals surface area (Å²) in [4.78, 5) is 11.7. The topological polar surface area (TPSA) is 55.0 Å². The van der Waals surface area contributed by atoms with Crippen LogP contribution in [0.4, 0.5) is 5.82 Å². The van der Waals surface area contributed by atoms with E-state index in [1.807, 2.05) is 0 Å². The van der Waals surface area contributed by atoms with E-state index in [2.05, 4.69) is 36.7 Å². The van der Waals surface area contributed by atoms with Crippen molar-refractivity contribution in [2.45, 2.75) is 46.0 Å². The molecular weight excluding hydrogens is 236 g/mol. The van der Waals surface area contributed by atoms with E-state index in [9.17, 15) is 0 Å². The van der Waals surface area contributed by atoms with Crippen molar-refractivity contribution in [2.24, 2.45) is 11.7 Å². The second kappa shape index (κ2) is 6.33. The Morgan fingerprint density at radius 3 is 2.89 bits per heavy atom. The first-order valence-electron chi connectivity index (χ1n) is 7.40. The van der Waals surface area contributed by atoms with E-state index in [1.54, 1.807) is 0 Å². The van der Waals surface area contributed by atoms with Gasteiger partial charge in [0.05, 0.1) is 0 Å². The fraction of sp³-hybridized carbons (Fsp3) is 0.733. The molecule has 0 radical (unpaired) electrons. The molecule has 1 aromatic heterocycles. The van der Waals surface area contributed by atoms with Crippen molar-refractivity contribution in [3.63, 3.8) is 0 Å². The quantitative estimate of drug-likeness (QED) is 0.905. The molecule has 0 amide bonds. The summed E-state index contributed by atoms with van der Waals surface area (Å²) in [6.07, 6.45) is 3.66. The maximum Gasteiger partial charge on any atom is 0.133 e. The smallest absolute Gasteiger partial charge is 0.133 e. The van der Waals surface area contributed by atoms with E-state index in [1.165, 1.54) is 12.8 Å². The third-order valence-electron chi connectivity index (χ3n) is 3.79. The van der Waals surface area contributed by atoms with Crippen LogP contribution < -0.4 is 10.6 Å². The van der Waals surface area contributed by atoms with Gasteiger partial charge in [0.1, 0.15) is 11.6 Å². The van der Waals surface area contributed by atoms with Gasteiger partial charge < -0.3 is 10.6 Å². The molecule has 0 saturated carbocycles. The Morgan fingerprint density at radius 2 is 2.21 bits per heavy atom. The molecule has 1 unspecified atom stereocenters. The SMILES string of the molecule is Cc1cc(N2CCCC(CCN)C2)nc(C(C)C)n1. The van der Waals surface area contributed by atoms with E-state index < -0.39 is 0 Å². The summed E-state index contributed by atoms with van der Waals surface area (Å²) in [6.45, 7) is 9.33. The average molecular weight is 262 g/mol. The van der Waals surface area contributed by atoms with E-state index in [0.717, 1.165) is 49.3 Å². The van der Waals surface area contributed by atoms with E-state index >= 15 is 0 Å². The van der Waals surface area contributed by atoms with Gasteiger partial charge in [-0.15, -0.1) is 0 Å². The van der Waals surface area contributed by atoms with Crippen LogP contribution in [0.1, 0.15) is 50.5 Å². The summed E-state index contributed by atoms with van der Waals surface area (Å²) >= 11 is 0. The molecular formula is C15H26N4. The number of nitrogens with zero attached hydrogens (tertiary/aromatic N) is 3. The van der Waals surface area contributed by atoms with Gasteiger partial charge in [-0.05, 0) is 38.6 Å². The highest BCUT2D eigenvalue weighted by Crippen LogP contribution is 2.24. The normalized spacial score (nSPS) is 20.1. The minimum Gasteiger partial charge on any atom is -0.356 e. The molecule has 1 aliphatic heterocycles. The summed E-state index contributed by atoms with van der Waals surface area (Å²) in [5.74, 6) is 3.15. The predicted molar refractivity (Wildman–Crippen MR) is 79.5 cm³/mol. The molecule has 1 fully saturated rings. The third kappa shape index (κ3) is 3.66. The van der Waals surface area contributed by atoms with Crippen molar-refractivity contribution in [1.29, 1.82) is 0 Å². The van der Waals surface area contributed by atoms with Gasteiger partial charge in [-0.25, -0.2) is 9.97 Å². The van der Waals surface area contributed by atoms with Crippen LogP contribution in [0.3, 0.4) is 0 Å². The zero-order chi connectivity index (χ0) is 13.8. The van der Waals surface area contributed by atoms with E-state index in [-0.39, 0.29) is 0 Å². The molecule has 0 aliphatic carbocycles. The van der Waals surface area contributed by atoms with Gasteiger partial charge in [0.2, 0.25) is 0 Å². The second-order valence-electron chi connectivity index (χ2n) is 5.91. The van der Waals surface area contributed by atoms with E-state index in [4.69, 9.17) is 10.7 Å². The van der Waals surface area contributed by atoms with E-state index in [0.29, 0.717) is 5.92 Å². The Bertz CT molecular complexity index is 415. The molecule has 2 rings (SSSR count). The number of anilines is 1. The molecule has 106 valence electrons. The van der Waals surface area contributed by atoms with Crippen LogP contribution in [0.25, 0.3) is 0 Å². The maximum absolute atomic E-state index is 5.69. The molecule has 2 N–H and O–H groups in total. The highest BCUT2D eigenvalue weighted by atomic mass is 15.2. The lowest BCUT2D eigenvalue weighted by Gasteiger charge is -2.33. The Hall–Kier alpha value is -1.16. The molecule has 0 bridgehead atoms. The average Bonchev–Trinajstić information content (AvgIpc) is 2.38. The fourth-order valence-corrected chi connectivity index (χ4v) is 2.74. The van der Waals surface area contributed by atoms with Crippen LogP contribution in [0.2, 0.25) is 0 Å². The molecule has 1 saturated heterocycles. The summed E-state index contributed by atoms with van der Waals surface area (Å²) in [6, 6.07) is 2.11. The van der Waals surface area contributed by atoms with Crippen LogP contribution >= 0.6 is 0 Å². The van der Waals surface area contributed by atoms with Crippen LogP contribution in [-0.4, -0.2) is 29.6 Å². The molecule has 0 aromatic carbocycles. The first-order chi connectivity index (χ1) is 9.10. The van der Waals surface area contributed by atoms with Gasteiger partial charge in [0, 0.05) is 30.8 Å². The molecule has 1 aliphatic rings. The zero-order valence-electron chi connectivity index (χ0n) is 12.4. The maximum atomic E-state index is 5.69. The zero-order valence-corrected chi connectivity index (χ0v) is 12.4. The molecule has 1 atom stereocenters. The Kier molecular flexibility index (Phi) is 4.75. The Labute approximate surface area is 116 Å². The number of hydrogen-bond acceptors (Lipinski definition) is 4. The number of hydrogen-bond donors (Lipinski definition) is 1. The minimum atomic E-state index is 0.378. The fourth-order valence-electron chi connectivity index (χ4n) is 2.74. The molecule has 1 aromatic rings. The summed E-state index contributed by atoms with van der Waals surface area (Å²) in [5, 5.41) is 0. The van der Waals surface area contributed by atoms with Crippen LogP contribution in [-0.2, 0) is 0 Å². The van der Waals surface area contributed by atoms with Gasteiger partial charge in [0.15, 0.2) is 0 Å². The highest BCUT2D eigenvalue weighted by molar-refractivity contribution is 5.40. The largest absolute Gasteiger partial charge is 0.356 e. The predicted octanol–water partition coefficient (Wildman–Crippen LogP) is 2.47. The first kappa shape index (κ1) is 14.3. The number of piperidine rings is 1. The number of rotatable bonds is 4. The minimum absolute atomic E-state index is 0.378. The highest BCUT2D eigenvalue weighted by Gasteiger charge is 2.21. The van der Waals surface area contributed by atoms with Gasteiger partial charge >= 0.3 is 0 Å². The number of nitrogens with two attached hydrogens (primary N) is 1. The van der Waals surface area contributed by atoms with Crippen molar-refractivity contribution in [2.75, 3.05) is 24.5 Å². The second-order valence-corrected chi connectivity index (χ2v) is 5.91. The molecule has 4 heteroatoms. The molecule has 2 heterocycles. The van der Waals surface area contributed by atoms with Crippen molar-refractivity contribution in [3.05, 3.63) is 17.6 Å². The van der Waals surface area contributed by atoms with Gasteiger partial charge in [-0.1, -0.05) is 13.8 Å². The summed E-state index contributed by atoms with van der Waals surface area (Å²) in [5.41, 5.74) is 6.75. The third-order valence-corrected chi connectivity index (χ3v) is 3.79. The van der Waals surface area contributed by atoms with Crippen molar-refractivity contribution >= 4 is 5.82 Å². The van der Waals surface area contributed by atoms with Crippen molar-refractivity contribution < 1.29 is 0 Å². The monoisotopic (exact) mass is 262 g/mol. The van der Waals surface area contributed by atoms with Gasteiger partial charge in [-0.3, -0.25) is 0 Å². The summed E-state index contributed by atoms with van der Waals surface area (Å²) < 4.78 is 0. The molecule has 0 spiro atoms. The number of aromatic nitrogens is 2. The van der Waals surface area contributed by atoms with Crippen LogP contribution in [0.5, 0.6) is 0 Å². The number of aryl methyl sites for hydroxylation is 1. The Balaban J connectivity index is 2.16. The summed E-state index contributed by atoms with van der Waals surface area (Å²) in [7, 11) is 0. The molecule has 19 heavy (non-hydrogen) atoms. The standard InChI is InChI=1S/C15H26N4/c1-11(2)15-17-12(3)9-14(18-15)19-8-4-5-13(10-19)6-7-16/h9,11,13H,4-8,10,16H2,1-3H3.